The minimum atomic E-state index is 0.360. The molecule has 1 aliphatic carbocycles. The van der Waals surface area contributed by atoms with Crippen LogP contribution in [0.4, 0.5) is 5.95 Å². The first kappa shape index (κ1) is 12.5. The Morgan fingerprint density at radius 3 is 2.63 bits per heavy atom. The van der Waals surface area contributed by atoms with Crippen LogP contribution in [0.2, 0.25) is 0 Å². The van der Waals surface area contributed by atoms with Gasteiger partial charge in [0, 0.05) is 13.6 Å². The molecule has 2 aromatic rings. The molecule has 0 spiro atoms. The van der Waals surface area contributed by atoms with Crippen LogP contribution in [0, 0.1) is 5.41 Å². The predicted molar refractivity (Wildman–Crippen MR) is 76.9 cm³/mol. The van der Waals surface area contributed by atoms with E-state index in [1.165, 1.54) is 25.7 Å². The lowest BCUT2D eigenvalue weighted by atomic mass is 9.89. The topological polar surface area (TPSA) is 61.7 Å². The van der Waals surface area contributed by atoms with Crippen LogP contribution < -0.4 is 5.73 Å². The van der Waals surface area contributed by atoms with E-state index in [9.17, 15) is 0 Å². The summed E-state index contributed by atoms with van der Waals surface area (Å²) in [6.45, 7) is 5.43. The van der Waals surface area contributed by atoms with Crippen molar-refractivity contribution in [1.29, 1.82) is 0 Å². The molecular weight excluding hydrogens is 238 g/mol. The van der Waals surface area contributed by atoms with Gasteiger partial charge in [0.1, 0.15) is 5.52 Å². The Kier molecular flexibility index (Phi) is 2.80. The van der Waals surface area contributed by atoms with E-state index in [1.54, 1.807) is 0 Å². The predicted octanol–water partition coefficient (Wildman–Crippen LogP) is 2.49. The third kappa shape index (κ3) is 1.91. The molecule has 2 N–H and O–H groups in total. The van der Waals surface area contributed by atoms with E-state index in [-0.39, 0.29) is 0 Å². The van der Waals surface area contributed by atoms with Gasteiger partial charge in [-0.25, -0.2) is 4.98 Å². The first-order chi connectivity index (χ1) is 9.04. The van der Waals surface area contributed by atoms with Crippen molar-refractivity contribution in [2.24, 2.45) is 12.5 Å². The molecule has 0 aliphatic heterocycles. The fourth-order valence-electron chi connectivity index (χ4n) is 3.42. The number of aryl methyl sites for hydroxylation is 2. The zero-order chi connectivity index (χ0) is 13.6. The molecule has 0 aromatic carbocycles. The summed E-state index contributed by atoms with van der Waals surface area (Å²) in [6.07, 6.45) is 6.12. The van der Waals surface area contributed by atoms with E-state index >= 15 is 0 Å². The first-order valence-electron chi connectivity index (χ1n) is 7.22. The standard InChI is InChI=1S/C14H23N5/c1-4-10-11-12(18(3)17-10)19(13(15)16-11)9-14(2)7-5-6-8-14/h4-9H2,1-3H3,(H2,15,16). The summed E-state index contributed by atoms with van der Waals surface area (Å²) in [5.74, 6) is 0.630. The average Bonchev–Trinajstić information content (AvgIpc) is 3.00. The summed E-state index contributed by atoms with van der Waals surface area (Å²) in [6, 6.07) is 0. The second-order valence-corrected chi connectivity index (χ2v) is 6.17. The smallest absolute Gasteiger partial charge is 0.202 e. The molecule has 3 rings (SSSR count). The van der Waals surface area contributed by atoms with Crippen molar-refractivity contribution in [3.63, 3.8) is 0 Å². The molecule has 0 amide bonds. The molecule has 104 valence electrons. The molecule has 5 heteroatoms. The Balaban J connectivity index is 2.07. The van der Waals surface area contributed by atoms with Crippen LogP contribution in [-0.2, 0) is 20.0 Å². The number of anilines is 1. The van der Waals surface area contributed by atoms with Crippen LogP contribution in [0.1, 0.15) is 45.2 Å². The molecule has 2 heterocycles. The molecule has 19 heavy (non-hydrogen) atoms. The molecule has 1 fully saturated rings. The van der Waals surface area contributed by atoms with Gasteiger partial charge in [0.15, 0.2) is 5.65 Å². The van der Waals surface area contributed by atoms with Crippen LogP contribution >= 0.6 is 0 Å². The van der Waals surface area contributed by atoms with Crippen LogP contribution in [0.3, 0.4) is 0 Å². The monoisotopic (exact) mass is 261 g/mol. The van der Waals surface area contributed by atoms with E-state index in [0.717, 1.165) is 29.8 Å². The third-order valence-electron chi connectivity index (χ3n) is 4.51. The van der Waals surface area contributed by atoms with E-state index in [4.69, 9.17) is 5.73 Å². The number of nitrogens with zero attached hydrogens (tertiary/aromatic N) is 4. The van der Waals surface area contributed by atoms with Crippen molar-refractivity contribution in [2.75, 3.05) is 5.73 Å². The Labute approximate surface area is 113 Å². The second kappa shape index (κ2) is 4.25. The van der Waals surface area contributed by atoms with Gasteiger partial charge in [0.2, 0.25) is 5.95 Å². The summed E-state index contributed by atoms with van der Waals surface area (Å²) < 4.78 is 4.09. The van der Waals surface area contributed by atoms with Crippen LogP contribution in [0.5, 0.6) is 0 Å². The number of hydrogen-bond acceptors (Lipinski definition) is 3. The number of nitrogens with two attached hydrogens (primary N) is 1. The lowest BCUT2D eigenvalue weighted by Crippen LogP contribution is -2.21. The van der Waals surface area contributed by atoms with Crippen molar-refractivity contribution >= 4 is 17.1 Å². The summed E-state index contributed by atoms with van der Waals surface area (Å²) in [5, 5.41) is 4.55. The van der Waals surface area contributed by atoms with Gasteiger partial charge in [-0.1, -0.05) is 26.7 Å². The van der Waals surface area contributed by atoms with Crippen LogP contribution in [-0.4, -0.2) is 19.3 Å². The van der Waals surface area contributed by atoms with Gasteiger partial charge in [0.25, 0.3) is 0 Å². The molecule has 1 aliphatic rings. The van der Waals surface area contributed by atoms with Gasteiger partial charge in [-0.15, -0.1) is 0 Å². The molecule has 0 bridgehead atoms. The largest absolute Gasteiger partial charge is 0.369 e. The zero-order valence-corrected chi connectivity index (χ0v) is 12.1. The molecular formula is C14H23N5. The highest BCUT2D eigenvalue weighted by Gasteiger charge is 2.31. The Bertz CT molecular complexity index is 601. The SMILES string of the molecule is CCc1nn(C)c2c1nc(N)n2CC1(C)CCCC1. The van der Waals surface area contributed by atoms with Gasteiger partial charge in [-0.3, -0.25) is 9.25 Å². The molecule has 0 saturated heterocycles. The molecule has 0 radical (unpaired) electrons. The highest BCUT2D eigenvalue weighted by atomic mass is 15.3. The second-order valence-electron chi connectivity index (χ2n) is 6.17. The summed E-state index contributed by atoms with van der Waals surface area (Å²) in [7, 11) is 1.98. The van der Waals surface area contributed by atoms with Gasteiger partial charge in [-0.05, 0) is 24.7 Å². The first-order valence-corrected chi connectivity index (χ1v) is 7.22. The summed E-state index contributed by atoms with van der Waals surface area (Å²) in [5.41, 5.74) is 9.59. The fourth-order valence-corrected chi connectivity index (χ4v) is 3.42. The quantitative estimate of drug-likeness (QED) is 0.923. The van der Waals surface area contributed by atoms with Crippen LogP contribution in [0.25, 0.3) is 11.2 Å². The number of nitrogen functional groups attached to an aromatic ring is 1. The third-order valence-corrected chi connectivity index (χ3v) is 4.51. The van der Waals surface area contributed by atoms with E-state index in [2.05, 4.69) is 28.5 Å². The number of rotatable bonds is 3. The van der Waals surface area contributed by atoms with Gasteiger partial charge < -0.3 is 5.73 Å². The molecule has 5 nitrogen and oxygen atoms in total. The number of aromatic nitrogens is 4. The Morgan fingerprint density at radius 1 is 1.32 bits per heavy atom. The maximum Gasteiger partial charge on any atom is 0.202 e. The molecule has 0 atom stereocenters. The summed E-state index contributed by atoms with van der Waals surface area (Å²) in [4.78, 5) is 4.54. The van der Waals surface area contributed by atoms with Crippen molar-refractivity contribution in [3.05, 3.63) is 5.69 Å². The Morgan fingerprint density at radius 2 is 2.00 bits per heavy atom. The minimum absolute atomic E-state index is 0.360. The van der Waals surface area contributed by atoms with Crippen molar-refractivity contribution < 1.29 is 0 Å². The van der Waals surface area contributed by atoms with Crippen molar-refractivity contribution in [1.82, 2.24) is 19.3 Å². The zero-order valence-electron chi connectivity index (χ0n) is 12.1. The van der Waals surface area contributed by atoms with Gasteiger partial charge in [-0.2, -0.15) is 5.10 Å². The average molecular weight is 261 g/mol. The van der Waals surface area contributed by atoms with Gasteiger partial charge >= 0.3 is 0 Å². The lowest BCUT2D eigenvalue weighted by Gasteiger charge is -2.24. The van der Waals surface area contributed by atoms with E-state index < -0.39 is 0 Å². The Hall–Kier alpha value is -1.52. The highest BCUT2D eigenvalue weighted by molar-refractivity contribution is 5.77. The number of fused-ring (bicyclic) bond motifs is 1. The van der Waals surface area contributed by atoms with E-state index in [0.29, 0.717) is 11.4 Å². The minimum Gasteiger partial charge on any atom is -0.369 e. The molecule has 0 unspecified atom stereocenters. The maximum atomic E-state index is 6.14. The highest BCUT2D eigenvalue weighted by Crippen LogP contribution is 2.40. The van der Waals surface area contributed by atoms with E-state index in [1.807, 2.05) is 11.7 Å². The maximum absolute atomic E-state index is 6.14. The summed E-state index contributed by atoms with van der Waals surface area (Å²) >= 11 is 0. The number of hydrogen-bond donors (Lipinski definition) is 1. The normalized spacial score (nSPS) is 18.5. The molecule has 2 aromatic heterocycles. The fraction of sp³-hybridized carbons (Fsp3) is 0.714. The van der Waals surface area contributed by atoms with Crippen molar-refractivity contribution in [3.8, 4) is 0 Å². The molecule has 1 saturated carbocycles. The van der Waals surface area contributed by atoms with Crippen molar-refractivity contribution in [2.45, 2.75) is 52.5 Å². The number of imidazole rings is 1. The lowest BCUT2D eigenvalue weighted by molar-refractivity contribution is 0.285. The van der Waals surface area contributed by atoms with Crippen LogP contribution in [0.15, 0.2) is 0 Å². The van der Waals surface area contributed by atoms with Gasteiger partial charge in [0.05, 0.1) is 5.69 Å².